The zero-order chi connectivity index (χ0) is 15.1. The van der Waals surface area contributed by atoms with Crippen molar-refractivity contribution in [3.8, 4) is 0 Å². The lowest BCUT2D eigenvalue weighted by Crippen LogP contribution is -2.46. The molecule has 1 aromatic heterocycles. The Labute approximate surface area is 128 Å². The molecule has 0 saturated heterocycles. The highest BCUT2D eigenvalue weighted by atomic mass is 15.2. The number of hydrogen-bond acceptors (Lipinski definition) is 2. The van der Waals surface area contributed by atoms with Crippen LogP contribution in [0.5, 0.6) is 0 Å². The van der Waals surface area contributed by atoms with Gasteiger partial charge in [0.25, 0.3) is 0 Å². The molecule has 1 aliphatic rings. The van der Waals surface area contributed by atoms with Crippen LogP contribution in [0.3, 0.4) is 0 Å². The molecule has 0 atom stereocenters. The minimum atomic E-state index is 0.521. The monoisotopic (exact) mass is 291 g/mol. The van der Waals surface area contributed by atoms with Gasteiger partial charge < -0.3 is 10.6 Å². The van der Waals surface area contributed by atoms with Crippen molar-refractivity contribution >= 4 is 5.96 Å². The first-order chi connectivity index (χ1) is 10.2. The van der Waals surface area contributed by atoms with Crippen molar-refractivity contribution in [3.05, 3.63) is 18.0 Å². The molecule has 0 spiro atoms. The van der Waals surface area contributed by atoms with Gasteiger partial charge in [-0.1, -0.05) is 13.3 Å². The van der Waals surface area contributed by atoms with Gasteiger partial charge in [-0.3, -0.25) is 9.67 Å². The van der Waals surface area contributed by atoms with Crippen LogP contribution in [0.2, 0.25) is 0 Å². The average Bonchev–Trinajstić information content (AvgIpc) is 2.86. The molecule has 0 aliphatic heterocycles. The van der Waals surface area contributed by atoms with Crippen molar-refractivity contribution < 1.29 is 0 Å². The summed E-state index contributed by atoms with van der Waals surface area (Å²) < 4.78 is 1.85. The predicted molar refractivity (Wildman–Crippen MR) is 87.5 cm³/mol. The molecule has 0 unspecified atom stereocenters. The number of aliphatic imine (C=N–C) groups is 1. The molecule has 1 saturated carbocycles. The highest BCUT2D eigenvalue weighted by Crippen LogP contribution is 2.42. The molecule has 1 heterocycles. The molecule has 21 heavy (non-hydrogen) atoms. The summed E-state index contributed by atoms with van der Waals surface area (Å²) in [6.45, 7) is 4.28. The third-order valence-electron chi connectivity index (χ3n) is 4.71. The zero-order valence-corrected chi connectivity index (χ0v) is 13.7. The number of guanidine groups is 1. The summed E-state index contributed by atoms with van der Waals surface area (Å²) >= 11 is 0. The number of aryl methyl sites for hydroxylation is 2. The van der Waals surface area contributed by atoms with Crippen LogP contribution in [0, 0.1) is 5.41 Å². The Balaban J connectivity index is 1.63. The molecule has 1 aliphatic carbocycles. The van der Waals surface area contributed by atoms with Crippen molar-refractivity contribution in [1.82, 2.24) is 20.4 Å². The lowest BCUT2D eigenvalue weighted by molar-refractivity contribution is 0.131. The van der Waals surface area contributed by atoms with Crippen LogP contribution < -0.4 is 10.6 Å². The van der Waals surface area contributed by atoms with E-state index < -0.39 is 0 Å². The van der Waals surface area contributed by atoms with Gasteiger partial charge in [0.15, 0.2) is 5.96 Å². The molecule has 5 heteroatoms. The molecular weight excluding hydrogens is 262 g/mol. The van der Waals surface area contributed by atoms with E-state index in [9.17, 15) is 0 Å². The largest absolute Gasteiger partial charge is 0.356 e. The SMILES string of the molecule is CCC1(CNC(=NC)NCCCc2cnn(C)c2)CCC1. The van der Waals surface area contributed by atoms with E-state index in [0.717, 1.165) is 31.9 Å². The van der Waals surface area contributed by atoms with Gasteiger partial charge in [0.1, 0.15) is 0 Å². The minimum absolute atomic E-state index is 0.521. The van der Waals surface area contributed by atoms with Crippen LogP contribution in [0.1, 0.15) is 44.6 Å². The molecule has 1 fully saturated rings. The van der Waals surface area contributed by atoms with Crippen molar-refractivity contribution in [1.29, 1.82) is 0 Å². The van der Waals surface area contributed by atoms with E-state index in [1.54, 1.807) is 0 Å². The van der Waals surface area contributed by atoms with Gasteiger partial charge in [-0.05, 0) is 43.1 Å². The second kappa shape index (κ2) is 7.48. The van der Waals surface area contributed by atoms with E-state index in [4.69, 9.17) is 0 Å². The lowest BCUT2D eigenvalue weighted by Gasteiger charge is -2.41. The third kappa shape index (κ3) is 4.48. The maximum absolute atomic E-state index is 4.31. The van der Waals surface area contributed by atoms with Crippen molar-refractivity contribution in [2.24, 2.45) is 17.5 Å². The van der Waals surface area contributed by atoms with E-state index in [-0.39, 0.29) is 0 Å². The summed E-state index contributed by atoms with van der Waals surface area (Å²) in [5, 5.41) is 11.1. The molecular formula is C16H29N5. The molecule has 0 amide bonds. The molecule has 0 bridgehead atoms. The first kappa shape index (κ1) is 15.9. The smallest absolute Gasteiger partial charge is 0.190 e. The second-order valence-corrected chi connectivity index (χ2v) is 6.19. The van der Waals surface area contributed by atoms with Gasteiger partial charge in [0.05, 0.1) is 6.20 Å². The molecule has 0 radical (unpaired) electrons. The van der Waals surface area contributed by atoms with Crippen LogP contribution >= 0.6 is 0 Å². The molecule has 118 valence electrons. The van der Waals surface area contributed by atoms with Gasteiger partial charge in [0, 0.05) is 33.4 Å². The number of nitrogens with one attached hydrogen (secondary N) is 2. The van der Waals surface area contributed by atoms with Crippen molar-refractivity contribution in [2.75, 3.05) is 20.1 Å². The van der Waals surface area contributed by atoms with Crippen LogP contribution in [-0.2, 0) is 13.5 Å². The second-order valence-electron chi connectivity index (χ2n) is 6.19. The van der Waals surface area contributed by atoms with Gasteiger partial charge in [-0.2, -0.15) is 5.10 Å². The van der Waals surface area contributed by atoms with E-state index in [1.807, 2.05) is 25.0 Å². The summed E-state index contributed by atoms with van der Waals surface area (Å²) in [6, 6.07) is 0. The fourth-order valence-corrected chi connectivity index (χ4v) is 2.92. The summed E-state index contributed by atoms with van der Waals surface area (Å²) in [6.07, 6.45) is 11.5. The standard InChI is InChI=1S/C16H29N5/c1-4-16(8-6-9-16)13-19-15(17-2)18-10-5-7-14-11-20-21(3)12-14/h11-12H,4-10,13H2,1-3H3,(H2,17,18,19). The number of nitrogens with zero attached hydrogens (tertiary/aromatic N) is 3. The molecule has 2 N–H and O–H groups in total. The Morgan fingerprint density at radius 2 is 2.24 bits per heavy atom. The highest BCUT2D eigenvalue weighted by Gasteiger charge is 2.34. The fraction of sp³-hybridized carbons (Fsp3) is 0.750. The number of rotatable bonds is 7. The van der Waals surface area contributed by atoms with E-state index in [2.05, 4.69) is 33.8 Å². The average molecular weight is 291 g/mol. The molecule has 0 aromatic carbocycles. The van der Waals surface area contributed by atoms with E-state index >= 15 is 0 Å². The highest BCUT2D eigenvalue weighted by molar-refractivity contribution is 5.79. The molecule has 5 nitrogen and oxygen atoms in total. The van der Waals surface area contributed by atoms with Crippen LogP contribution in [0.4, 0.5) is 0 Å². The number of aromatic nitrogens is 2. The van der Waals surface area contributed by atoms with Crippen molar-refractivity contribution in [2.45, 2.75) is 45.4 Å². The van der Waals surface area contributed by atoms with Gasteiger partial charge >= 0.3 is 0 Å². The first-order valence-electron chi connectivity index (χ1n) is 8.09. The maximum atomic E-state index is 4.31. The minimum Gasteiger partial charge on any atom is -0.356 e. The van der Waals surface area contributed by atoms with E-state index in [0.29, 0.717) is 5.41 Å². The Hall–Kier alpha value is -1.52. The Morgan fingerprint density at radius 3 is 2.76 bits per heavy atom. The lowest BCUT2D eigenvalue weighted by atomic mass is 9.67. The molecule has 2 rings (SSSR count). The van der Waals surface area contributed by atoms with Crippen LogP contribution in [0.25, 0.3) is 0 Å². The summed E-state index contributed by atoms with van der Waals surface area (Å²) in [4.78, 5) is 4.31. The van der Waals surface area contributed by atoms with Crippen molar-refractivity contribution in [3.63, 3.8) is 0 Å². The number of hydrogen-bond donors (Lipinski definition) is 2. The third-order valence-corrected chi connectivity index (χ3v) is 4.71. The normalized spacial score (nSPS) is 17.4. The Morgan fingerprint density at radius 1 is 1.43 bits per heavy atom. The van der Waals surface area contributed by atoms with Crippen LogP contribution in [-0.4, -0.2) is 35.9 Å². The summed E-state index contributed by atoms with van der Waals surface area (Å²) in [5.74, 6) is 0.931. The van der Waals surface area contributed by atoms with Gasteiger partial charge in [0.2, 0.25) is 0 Å². The van der Waals surface area contributed by atoms with E-state index in [1.165, 1.54) is 31.2 Å². The topological polar surface area (TPSA) is 54.2 Å². The van der Waals surface area contributed by atoms with Gasteiger partial charge in [-0.15, -0.1) is 0 Å². The summed E-state index contributed by atoms with van der Waals surface area (Å²) in [5.41, 5.74) is 1.81. The predicted octanol–water partition coefficient (Wildman–Crippen LogP) is 2.10. The molecule has 1 aromatic rings. The maximum Gasteiger partial charge on any atom is 0.190 e. The quantitative estimate of drug-likeness (QED) is 0.459. The summed E-state index contributed by atoms with van der Waals surface area (Å²) in [7, 11) is 3.80. The van der Waals surface area contributed by atoms with Gasteiger partial charge in [-0.25, -0.2) is 0 Å². The zero-order valence-electron chi connectivity index (χ0n) is 13.7. The van der Waals surface area contributed by atoms with Crippen LogP contribution in [0.15, 0.2) is 17.4 Å². The Kier molecular flexibility index (Phi) is 5.65. The first-order valence-corrected chi connectivity index (χ1v) is 8.09. The fourth-order valence-electron chi connectivity index (χ4n) is 2.92. The Bertz CT molecular complexity index is 453.